The highest BCUT2D eigenvalue weighted by atomic mass is 35.5. The fourth-order valence-corrected chi connectivity index (χ4v) is 1.12. The van der Waals surface area contributed by atoms with Crippen molar-refractivity contribution in [3.8, 4) is 0 Å². The molecule has 1 rings (SSSR count). The number of hydrogen-bond acceptors (Lipinski definition) is 2. The summed E-state index contributed by atoms with van der Waals surface area (Å²) in [6.45, 7) is 0. The van der Waals surface area contributed by atoms with Crippen LogP contribution in [-0.2, 0) is 4.79 Å². The van der Waals surface area contributed by atoms with Gasteiger partial charge >= 0.3 is 5.97 Å². The molecule has 2 unspecified atom stereocenters. The van der Waals surface area contributed by atoms with Crippen molar-refractivity contribution in [2.24, 2.45) is 0 Å². The highest BCUT2D eigenvalue weighted by Gasteiger charge is 2.27. The first kappa shape index (κ1) is 11.9. The second-order valence-corrected chi connectivity index (χ2v) is 3.27. The molecule has 82 valence electrons. The van der Waals surface area contributed by atoms with Crippen molar-refractivity contribution < 1.29 is 23.8 Å². The number of aliphatic hydroxyl groups excluding tert-OH is 1. The number of aliphatic carboxylic acids is 1. The topological polar surface area (TPSA) is 57.5 Å². The third-order valence-electron chi connectivity index (χ3n) is 1.80. The van der Waals surface area contributed by atoms with Crippen molar-refractivity contribution in [2.45, 2.75) is 12.3 Å². The number of alkyl halides is 1. The molecule has 0 heterocycles. The normalized spacial score (nSPS) is 14.7. The van der Waals surface area contributed by atoms with E-state index in [1.807, 2.05) is 0 Å². The second-order valence-electron chi connectivity index (χ2n) is 2.86. The molecular formula is C9H7ClF2O3. The Kier molecular flexibility index (Phi) is 3.60. The second kappa shape index (κ2) is 4.55. The fraction of sp³-hybridized carbons (Fsp3) is 0.222. The molecule has 1 aromatic rings. The van der Waals surface area contributed by atoms with Crippen LogP contribution in [0.25, 0.3) is 0 Å². The maximum absolute atomic E-state index is 12.9. The maximum Gasteiger partial charge on any atom is 0.341 e. The lowest BCUT2D eigenvalue weighted by atomic mass is 10.1. The lowest BCUT2D eigenvalue weighted by Crippen LogP contribution is -2.23. The molecule has 0 aromatic heterocycles. The van der Waals surface area contributed by atoms with Gasteiger partial charge in [-0.05, 0) is 17.7 Å². The van der Waals surface area contributed by atoms with E-state index in [0.29, 0.717) is 0 Å². The van der Waals surface area contributed by atoms with Gasteiger partial charge in [0, 0.05) is 0 Å². The molecule has 0 aliphatic rings. The number of aliphatic hydroxyl groups is 1. The van der Waals surface area contributed by atoms with Gasteiger partial charge in [0.05, 0.1) is 5.02 Å². The van der Waals surface area contributed by atoms with E-state index in [-0.39, 0.29) is 10.6 Å². The van der Waals surface area contributed by atoms with Gasteiger partial charge < -0.3 is 10.2 Å². The number of carbonyl (C=O) groups is 1. The molecule has 2 atom stereocenters. The number of rotatable bonds is 3. The third-order valence-corrected chi connectivity index (χ3v) is 2.10. The van der Waals surface area contributed by atoms with Gasteiger partial charge in [-0.1, -0.05) is 17.7 Å². The first-order chi connectivity index (χ1) is 6.93. The minimum Gasteiger partial charge on any atom is -0.479 e. The predicted octanol–water partition coefficient (Wildman–Crippen LogP) is 1.94. The van der Waals surface area contributed by atoms with Crippen LogP contribution in [0.5, 0.6) is 0 Å². The van der Waals surface area contributed by atoms with Gasteiger partial charge in [-0.3, -0.25) is 0 Å². The Morgan fingerprint density at radius 3 is 2.53 bits per heavy atom. The summed E-state index contributed by atoms with van der Waals surface area (Å²) >= 11 is 5.36. The van der Waals surface area contributed by atoms with Crippen LogP contribution in [0.3, 0.4) is 0 Å². The maximum atomic E-state index is 12.9. The minimum absolute atomic E-state index is 0.174. The molecule has 0 bridgehead atoms. The Balaban J connectivity index is 2.96. The van der Waals surface area contributed by atoms with Crippen LogP contribution >= 0.6 is 11.6 Å². The molecule has 0 fully saturated rings. The predicted molar refractivity (Wildman–Crippen MR) is 48.9 cm³/mol. The van der Waals surface area contributed by atoms with E-state index in [1.54, 1.807) is 0 Å². The molecule has 2 N–H and O–H groups in total. The van der Waals surface area contributed by atoms with E-state index in [4.69, 9.17) is 16.7 Å². The summed E-state index contributed by atoms with van der Waals surface area (Å²) in [6.07, 6.45) is -4.40. The summed E-state index contributed by atoms with van der Waals surface area (Å²) in [6, 6.07) is 3.07. The molecule has 0 radical (unpaired) electrons. The van der Waals surface area contributed by atoms with Crippen molar-refractivity contribution in [3.63, 3.8) is 0 Å². The lowest BCUT2D eigenvalue weighted by molar-refractivity contribution is -0.147. The van der Waals surface area contributed by atoms with Crippen LogP contribution in [0.15, 0.2) is 18.2 Å². The van der Waals surface area contributed by atoms with Gasteiger partial charge in [-0.2, -0.15) is 0 Å². The van der Waals surface area contributed by atoms with Crippen LogP contribution in [0.2, 0.25) is 5.02 Å². The van der Waals surface area contributed by atoms with Crippen molar-refractivity contribution in [1.82, 2.24) is 0 Å². The molecule has 0 amide bonds. The Hall–Kier alpha value is -1.20. The highest BCUT2D eigenvalue weighted by Crippen LogP contribution is 2.23. The summed E-state index contributed by atoms with van der Waals surface area (Å²) < 4.78 is 25.7. The van der Waals surface area contributed by atoms with Crippen molar-refractivity contribution >= 4 is 17.6 Å². The van der Waals surface area contributed by atoms with Gasteiger partial charge in [-0.25, -0.2) is 13.6 Å². The van der Waals surface area contributed by atoms with E-state index < -0.39 is 24.1 Å². The molecular weight excluding hydrogens is 230 g/mol. The van der Waals surface area contributed by atoms with Gasteiger partial charge in [0.1, 0.15) is 11.9 Å². The molecule has 0 aliphatic carbocycles. The number of hydrogen-bond donors (Lipinski definition) is 2. The van der Waals surface area contributed by atoms with Gasteiger partial charge in [-0.15, -0.1) is 0 Å². The van der Waals surface area contributed by atoms with E-state index >= 15 is 0 Å². The average molecular weight is 237 g/mol. The SMILES string of the molecule is O=C(O)C(F)C(O)c1ccc(Cl)c(F)c1. The van der Waals surface area contributed by atoms with Crippen molar-refractivity contribution in [1.29, 1.82) is 0 Å². The van der Waals surface area contributed by atoms with Gasteiger partial charge in [0.15, 0.2) is 0 Å². The zero-order chi connectivity index (χ0) is 11.6. The molecule has 3 nitrogen and oxygen atoms in total. The molecule has 0 saturated heterocycles. The molecule has 0 saturated carbocycles. The van der Waals surface area contributed by atoms with Crippen molar-refractivity contribution in [2.75, 3.05) is 0 Å². The van der Waals surface area contributed by atoms with E-state index in [9.17, 15) is 18.7 Å². The molecule has 1 aromatic carbocycles. The van der Waals surface area contributed by atoms with Gasteiger partial charge in [0.25, 0.3) is 0 Å². The fourth-order valence-electron chi connectivity index (χ4n) is 1.00. The number of halogens is 3. The molecule has 0 aliphatic heterocycles. The monoisotopic (exact) mass is 236 g/mol. The first-order valence-electron chi connectivity index (χ1n) is 3.93. The summed E-state index contributed by atoms with van der Waals surface area (Å²) in [5, 5.41) is 17.3. The number of benzene rings is 1. The smallest absolute Gasteiger partial charge is 0.341 e. The van der Waals surface area contributed by atoms with Crippen LogP contribution < -0.4 is 0 Å². The summed E-state index contributed by atoms with van der Waals surface area (Å²) in [5.41, 5.74) is -0.174. The first-order valence-corrected chi connectivity index (χ1v) is 4.31. The van der Waals surface area contributed by atoms with Gasteiger partial charge in [0.2, 0.25) is 6.17 Å². The Bertz CT molecular complexity index is 384. The number of carboxylic acids is 1. The zero-order valence-electron chi connectivity index (χ0n) is 7.32. The summed E-state index contributed by atoms with van der Waals surface area (Å²) in [4.78, 5) is 10.2. The van der Waals surface area contributed by atoms with Crippen LogP contribution in [0.4, 0.5) is 8.78 Å². The van der Waals surface area contributed by atoms with Crippen LogP contribution in [0, 0.1) is 5.82 Å². The standard InChI is InChI=1S/C9H7ClF2O3/c10-5-2-1-4(3-6(5)11)8(13)7(12)9(14)15/h1-3,7-8,13H,(H,14,15). The van der Waals surface area contributed by atoms with E-state index in [2.05, 4.69) is 0 Å². The number of carboxylic acid groups (broad SMARTS) is 1. The lowest BCUT2D eigenvalue weighted by Gasteiger charge is -2.12. The van der Waals surface area contributed by atoms with Crippen LogP contribution in [0.1, 0.15) is 11.7 Å². The Labute approximate surface area is 88.9 Å². The van der Waals surface area contributed by atoms with E-state index in [1.165, 1.54) is 0 Å². The van der Waals surface area contributed by atoms with Crippen LogP contribution in [-0.4, -0.2) is 22.4 Å². The van der Waals surface area contributed by atoms with Crippen molar-refractivity contribution in [3.05, 3.63) is 34.6 Å². The average Bonchev–Trinajstić information content (AvgIpc) is 2.19. The third kappa shape index (κ3) is 2.64. The highest BCUT2D eigenvalue weighted by molar-refractivity contribution is 6.30. The summed E-state index contributed by atoms with van der Waals surface area (Å²) in [7, 11) is 0. The quantitative estimate of drug-likeness (QED) is 0.843. The minimum atomic E-state index is -2.49. The molecule has 6 heteroatoms. The Morgan fingerprint density at radius 1 is 1.47 bits per heavy atom. The zero-order valence-corrected chi connectivity index (χ0v) is 8.08. The van der Waals surface area contributed by atoms with E-state index in [0.717, 1.165) is 18.2 Å². The molecule has 0 spiro atoms. The molecule has 15 heavy (non-hydrogen) atoms. The summed E-state index contributed by atoms with van der Waals surface area (Å²) in [5.74, 6) is -2.65. The Morgan fingerprint density at radius 2 is 2.07 bits per heavy atom. The largest absolute Gasteiger partial charge is 0.479 e.